The van der Waals surface area contributed by atoms with Gasteiger partial charge < -0.3 is 10.8 Å². The molecule has 3 N–H and O–H groups in total. The van der Waals surface area contributed by atoms with Crippen molar-refractivity contribution in [2.75, 3.05) is 12.3 Å². The fourth-order valence-corrected chi connectivity index (χ4v) is 4.07. The van der Waals surface area contributed by atoms with E-state index >= 15 is 0 Å². The van der Waals surface area contributed by atoms with Crippen LogP contribution in [0, 0.1) is 0 Å². The van der Waals surface area contributed by atoms with Crippen molar-refractivity contribution in [3.8, 4) is 0 Å². The highest BCUT2D eigenvalue weighted by Crippen LogP contribution is 2.16. The number of carbonyl (C=O) groups is 1. The van der Waals surface area contributed by atoms with Crippen LogP contribution in [0.3, 0.4) is 0 Å². The summed E-state index contributed by atoms with van der Waals surface area (Å²) in [5.41, 5.74) is 6.09. The number of carboxylic acids is 1. The number of nitrogens with zero attached hydrogens (tertiary/aromatic N) is 1. The van der Waals surface area contributed by atoms with Crippen LogP contribution >= 0.6 is 0 Å². The maximum absolute atomic E-state index is 12.6. The van der Waals surface area contributed by atoms with Gasteiger partial charge in [-0.2, -0.15) is 4.31 Å². The van der Waals surface area contributed by atoms with Gasteiger partial charge in [0.1, 0.15) is 6.04 Å². The van der Waals surface area contributed by atoms with E-state index in [0.29, 0.717) is 6.42 Å². The number of sulfonamides is 1. The van der Waals surface area contributed by atoms with Gasteiger partial charge in [0.2, 0.25) is 10.0 Å². The van der Waals surface area contributed by atoms with Gasteiger partial charge in [-0.25, -0.2) is 8.42 Å². The Labute approximate surface area is 144 Å². The minimum Gasteiger partial charge on any atom is -0.480 e. The molecule has 134 valence electrons. The van der Waals surface area contributed by atoms with Crippen molar-refractivity contribution in [1.29, 1.82) is 0 Å². The number of benzene rings is 1. The third kappa shape index (κ3) is 6.33. The lowest BCUT2D eigenvalue weighted by Gasteiger charge is -2.27. The van der Waals surface area contributed by atoms with E-state index in [9.17, 15) is 18.3 Å². The first-order valence-corrected chi connectivity index (χ1v) is 9.66. The first-order valence-electron chi connectivity index (χ1n) is 8.05. The summed E-state index contributed by atoms with van der Waals surface area (Å²) >= 11 is 0. The Hall–Kier alpha value is -1.86. The molecule has 1 atom stereocenters. The van der Waals surface area contributed by atoms with E-state index in [-0.39, 0.29) is 18.7 Å². The summed E-state index contributed by atoms with van der Waals surface area (Å²) in [6.07, 6.45) is 5.00. The SMILES string of the molecule is CCCCCS(=O)(=O)N(CC=CN)[C@@H](Cc1ccccc1)C(=O)O. The average molecular weight is 354 g/mol. The van der Waals surface area contributed by atoms with Crippen molar-refractivity contribution in [2.24, 2.45) is 5.73 Å². The largest absolute Gasteiger partial charge is 0.480 e. The Morgan fingerprint density at radius 1 is 1.29 bits per heavy atom. The fraction of sp³-hybridized carbons (Fsp3) is 0.471. The van der Waals surface area contributed by atoms with Crippen LogP contribution in [0.1, 0.15) is 31.7 Å². The number of hydrogen-bond donors (Lipinski definition) is 2. The third-order valence-electron chi connectivity index (χ3n) is 3.69. The predicted molar refractivity (Wildman–Crippen MR) is 94.9 cm³/mol. The summed E-state index contributed by atoms with van der Waals surface area (Å²) < 4.78 is 26.3. The fourth-order valence-electron chi connectivity index (χ4n) is 2.40. The Morgan fingerprint density at radius 3 is 2.50 bits per heavy atom. The van der Waals surface area contributed by atoms with Gasteiger partial charge in [0.05, 0.1) is 5.75 Å². The molecule has 0 aliphatic carbocycles. The van der Waals surface area contributed by atoms with Crippen molar-refractivity contribution in [2.45, 2.75) is 38.6 Å². The predicted octanol–water partition coefficient (Wildman–Crippen LogP) is 1.98. The lowest BCUT2D eigenvalue weighted by Crippen LogP contribution is -2.47. The number of carboxylic acid groups (broad SMARTS) is 1. The zero-order valence-corrected chi connectivity index (χ0v) is 14.8. The van der Waals surface area contributed by atoms with Crippen LogP contribution in [0.2, 0.25) is 0 Å². The Balaban J connectivity index is 3.06. The van der Waals surface area contributed by atoms with Crippen molar-refractivity contribution in [3.63, 3.8) is 0 Å². The Kier molecular flexibility index (Phi) is 8.49. The third-order valence-corrected chi connectivity index (χ3v) is 5.61. The standard InChI is InChI=1S/C17H26N2O4S/c1-2-3-7-13-24(22,23)19(12-8-11-18)16(17(20)21)14-15-9-5-4-6-10-15/h4-6,8-11,16H,2-3,7,12-14,18H2,1H3,(H,20,21)/t16-/m0/s1. The molecular formula is C17H26N2O4S. The molecule has 1 rings (SSSR count). The number of unbranched alkanes of at least 4 members (excludes halogenated alkanes) is 2. The Bertz CT molecular complexity index is 629. The summed E-state index contributed by atoms with van der Waals surface area (Å²) in [6, 6.07) is 7.85. The second-order valence-electron chi connectivity index (χ2n) is 5.56. The molecule has 0 bridgehead atoms. The molecule has 0 fully saturated rings. The number of rotatable bonds is 11. The van der Waals surface area contributed by atoms with E-state index in [1.54, 1.807) is 24.3 Å². The molecule has 0 amide bonds. The number of nitrogens with two attached hydrogens (primary N) is 1. The van der Waals surface area contributed by atoms with E-state index in [1.165, 1.54) is 12.3 Å². The highest BCUT2D eigenvalue weighted by atomic mass is 32.2. The van der Waals surface area contributed by atoms with Gasteiger partial charge >= 0.3 is 5.97 Å². The Morgan fingerprint density at radius 2 is 1.96 bits per heavy atom. The molecule has 24 heavy (non-hydrogen) atoms. The molecule has 7 heteroatoms. The average Bonchev–Trinajstić information content (AvgIpc) is 2.55. The minimum absolute atomic E-state index is 0.0469. The zero-order chi connectivity index (χ0) is 18.0. The molecule has 6 nitrogen and oxygen atoms in total. The second-order valence-corrected chi connectivity index (χ2v) is 7.61. The molecule has 1 aromatic rings. The molecule has 0 aromatic heterocycles. The first kappa shape index (κ1) is 20.2. The molecule has 0 spiro atoms. The van der Waals surface area contributed by atoms with Gasteiger partial charge in [-0.15, -0.1) is 0 Å². The number of hydrogen-bond acceptors (Lipinski definition) is 4. The summed E-state index contributed by atoms with van der Waals surface area (Å²) in [5, 5.41) is 9.58. The highest BCUT2D eigenvalue weighted by molar-refractivity contribution is 7.89. The van der Waals surface area contributed by atoms with Gasteiger partial charge in [-0.1, -0.05) is 56.2 Å². The quantitative estimate of drug-likeness (QED) is 0.592. The first-order chi connectivity index (χ1) is 11.4. The van der Waals surface area contributed by atoms with Gasteiger partial charge in [0.15, 0.2) is 0 Å². The van der Waals surface area contributed by atoms with Crippen LogP contribution in [0.15, 0.2) is 42.6 Å². The highest BCUT2D eigenvalue weighted by Gasteiger charge is 2.33. The molecule has 0 saturated carbocycles. The molecule has 0 unspecified atom stereocenters. The molecule has 0 aliphatic heterocycles. The van der Waals surface area contributed by atoms with E-state index in [1.807, 2.05) is 13.0 Å². The molecule has 0 saturated heterocycles. The minimum atomic E-state index is -3.69. The van der Waals surface area contributed by atoms with Crippen molar-refractivity contribution in [1.82, 2.24) is 4.31 Å². The summed E-state index contributed by atoms with van der Waals surface area (Å²) in [4.78, 5) is 11.7. The van der Waals surface area contributed by atoms with Crippen LogP contribution in [0.4, 0.5) is 0 Å². The molecule has 1 aromatic carbocycles. The monoisotopic (exact) mass is 354 g/mol. The summed E-state index contributed by atoms with van der Waals surface area (Å²) in [6.45, 7) is 1.94. The maximum atomic E-state index is 12.6. The van der Waals surface area contributed by atoms with Gasteiger partial charge in [0.25, 0.3) is 0 Å². The van der Waals surface area contributed by atoms with E-state index in [0.717, 1.165) is 22.7 Å². The van der Waals surface area contributed by atoms with E-state index in [2.05, 4.69) is 0 Å². The maximum Gasteiger partial charge on any atom is 0.322 e. The summed E-state index contributed by atoms with van der Waals surface area (Å²) in [5.74, 6) is -1.22. The molecule has 0 aliphatic rings. The van der Waals surface area contributed by atoms with E-state index in [4.69, 9.17) is 5.73 Å². The van der Waals surface area contributed by atoms with Crippen molar-refractivity contribution < 1.29 is 18.3 Å². The van der Waals surface area contributed by atoms with Crippen LogP contribution in [0.25, 0.3) is 0 Å². The second kappa shape index (κ2) is 10.1. The molecule has 0 radical (unpaired) electrons. The lowest BCUT2D eigenvalue weighted by atomic mass is 10.1. The van der Waals surface area contributed by atoms with Crippen LogP contribution in [0.5, 0.6) is 0 Å². The molecular weight excluding hydrogens is 328 g/mol. The van der Waals surface area contributed by atoms with E-state index < -0.39 is 22.0 Å². The zero-order valence-electron chi connectivity index (χ0n) is 14.0. The van der Waals surface area contributed by atoms with Gasteiger partial charge in [-0.05, 0) is 24.6 Å². The van der Waals surface area contributed by atoms with Crippen LogP contribution in [-0.2, 0) is 21.2 Å². The normalized spacial score (nSPS) is 13.4. The van der Waals surface area contributed by atoms with Crippen LogP contribution < -0.4 is 5.73 Å². The summed E-state index contributed by atoms with van der Waals surface area (Å²) in [7, 11) is -3.69. The van der Waals surface area contributed by atoms with Gasteiger partial charge in [-0.3, -0.25) is 4.79 Å². The van der Waals surface area contributed by atoms with Crippen molar-refractivity contribution >= 4 is 16.0 Å². The van der Waals surface area contributed by atoms with Crippen LogP contribution in [-0.4, -0.2) is 42.1 Å². The lowest BCUT2D eigenvalue weighted by molar-refractivity contribution is -0.141. The van der Waals surface area contributed by atoms with Crippen molar-refractivity contribution in [3.05, 3.63) is 48.2 Å². The topological polar surface area (TPSA) is 101 Å². The van der Waals surface area contributed by atoms with Gasteiger partial charge in [0, 0.05) is 6.54 Å². The molecule has 0 heterocycles. The number of aliphatic carboxylic acids is 1. The smallest absolute Gasteiger partial charge is 0.322 e.